The molecule has 4 rings (SSSR count). The Balaban J connectivity index is 1.41. The lowest BCUT2D eigenvalue weighted by Crippen LogP contribution is -2.69. The number of ether oxygens (including phenoxy) is 1. The Morgan fingerprint density at radius 3 is 2.14 bits per heavy atom. The number of phenolic OH excluding ortho intramolecular Hbond substituents is 1. The molecular weight excluding hydrogens is 548 g/mol. The van der Waals surface area contributed by atoms with Crippen molar-refractivity contribution in [3.63, 3.8) is 0 Å². The van der Waals surface area contributed by atoms with Crippen molar-refractivity contribution in [2.75, 3.05) is 6.54 Å². The van der Waals surface area contributed by atoms with Crippen LogP contribution in [0.1, 0.15) is 36.5 Å². The highest BCUT2D eigenvalue weighted by Gasteiger charge is 2.39. The quantitative estimate of drug-likeness (QED) is 0.236. The van der Waals surface area contributed by atoms with Crippen LogP contribution in [0.15, 0.2) is 84.9 Å². The third-order valence-electron chi connectivity index (χ3n) is 7.46. The number of carbonyl (C=O) groups is 4. The molecule has 0 radical (unpaired) electrons. The van der Waals surface area contributed by atoms with E-state index in [2.05, 4.69) is 16.4 Å². The van der Waals surface area contributed by atoms with Crippen molar-refractivity contribution in [3.8, 4) is 5.75 Å². The molecule has 0 spiro atoms. The molecule has 0 aromatic heterocycles. The maximum Gasteiger partial charge on any atom is 0.328 e. The number of likely N-dealkylation sites (tertiary alicyclic amines) is 1. The molecule has 3 aromatic carbocycles. The molecule has 1 aliphatic rings. The van der Waals surface area contributed by atoms with Crippen molar-refractivity contribution in [1.82, 2.24) is 15.5 Å². The summed E-state index contributed by atoms with van der Waals surface area (Å²) in [5.41, 5.74) is 6.55. The minimum absolute atomic E-state index is 0.0661. The molecule has 6 N–H and O–H groups in total. The van der Waals surface area contributed by atoms with Crippen molar-refractivity contribution in [1.29, 1.82) is 0 Å². The number of quaternary nitrogens is 1. The number of esters is 1. The first-order valence-electron chi connectivity index (χ1n) is 14.5. The zero-order valence-electron chi connectivity index (χ0n) is 24.3. The number of amides is 3. The first-order valence-corrected chi connectivity index (χ1v) is 14.5. The first-order chi connectivity index (χ1) is 20.7. The van der Waals surface area contributed by atoms with Crippen molar-refractivity contribution < 1.29 is 34.8 Å². The predicted molar refractivity (Wildman–Crippen MR) is 159 cm³/mol. The van der Waals surface area contributed by atoms with Gasteiger partial charge in [-0.05, 0) is 48.6 Å². The Hall–Kier alpha value is -4.70. The average molecular weight is 588 g/mol. The molecule has 10 heteroatoms. The van der Waals surface area contributed by atoms with Gasteiger partial charge in [-0.1, -0.05) is 72.8 Å². The summed E-state index contributed by atoms with van der Waals surface area (Å²) in [6.07, 6.45) is 1.68. The largest absolute Gasteiger partial charge is 0.508 e. The van der Waals surface area contributed by atoms with Crippen LogP contribution in [0, 0.1) is 0 Å². The summed E-state index contributed by atoms with van der Waals surface area (Å²) in [6.45, 7) is 2.01. The van der Waals surface area contributed by atoms with Crippen molar-refractivity contribution >= 4 is 23.7 Å². The number of carbonyl (C=O) groups excluding carboxylic acids is 4. The van der Waals surface area contributed by atoms with E-state index in [4.69, 9.17) is 4.74 Å². The molecule has 4 atom stereocenters. The van der Waals surface area contributed by atoms with Gasteiger partial charge in [0, 0.05) is 19.4 Å². The SMILES string of the molecule is C[C@H](NC(=O)[C@H](Cc1ccc(O)cc1)NC(=O)[C@@H]1CCCN1C(=O)[C@@H]([NH3+])Cc1ccccc1)C(=O)OCc1ccccc1. The van der Waals surface area contributed by atoms with Gasteiger partial charge in [-0.15, -0.1) is 0 Å². The molecular formula is C33H39N4O6+. The summed E-state index contributed by atoms with van der Waals surface area (Å²) >= 11 is 0. The van der Waals surface area contributed by atoms with Gasteiger partial charge < -0.3 is 31.1 Å². The summed E-state index contributed by atoms with van der Waals surface area (Å²) in [6, 6.07) is 21.8. The van der Waals surface area contributed by atoms with Gasteiger partial charge in [0.2, 0.25) is 11.8 Å². The fourth-order valence-corrected chi connectivity index (χ4v) is 5.10. The summed E-state index contributed by atoms with van der Waals surface area (Å²) in [7, 11) is 0. The maximum absolute atomic E-state index is 13.5. The fourth-order valence-electron chi connectivity index (χ4n) is 5.10. The second-order valence-electron chi connectivity index (χ2n) is 10.8. The van der Waals surface area contributed by atoms with Crippen LogP contribution >= 0.6 is 0 Å². The van der Waals surface area contributed by atoms with E-state index in [1.54, 1.807) is 17.0 Å². The number of nitrogens with one attached hydrogen (secondary N) is 2. The summed E-state index contributed by atoms with van der Waals surface area (Å²) < 4.78 is 5.35. The monoisotopic (exact) mass is 587 g/mol. The number of nitrogens with zero attached hydrogens (tertiary/aromatic N) is 1. The van der Waals surface area contributed by atoms with E-state index in [1.807, 2.05) is 60.7 Å². The zero-order valence-corrected chi connectivity index (χ0v) is 24.3. The highest BCUT2D eigenvalue weighted by molar-refractivity contribution is 5.94. The Labute approximate surface area is 251 Å². The molecule has 0 saturated carbocycles. The van der Waals surface area contributed by atoms with E-state index < -0.39 is 42.0 Å². The van der Waals surface area contributed by atoms with Gasteiger partial charge in [0.15, 0.2) is 6.04 Å². The number of hydrogen-bond acceptors (Lipinski definition) is 6. The molecule has 1 heterocycles. The minimum atomic E-state index is -1.04. The van der Waals surface area contributed by atoms with Gasteiger partial charge in [0.05, 0.1) is 0 Å². The lowest BCUT2D eigenvalue weighted by atomic mass is 10.0. The minimum Gasteiger partial charge on any atom is -0.508 e. The number of phenols is 1. The van der Waals surface area contributed by atoms with E-state index in [-0.39, 0.29) is 24.7 Å². The number of rotatable bonds is 12. The van der Waals surface area contributed by atoms with Crippen LogP contribution in [0.3, 0.4) is 0 Å². The molecule has 0 bridgehead atoms. The van der Waals surface area contributed by atoms with Gasteiger partial charge in [0.25, 0.3) is 5.91 Å². The second kappa shape index (κ2) is 15.0. The fraction of sp³-hybridized carbons (Fsp3) is 0.333. The summed E-state index contributed by atoms with van der Waals surface area (Å²) in [5, 5.41) is 15.2. The average Bonchev–Trinajstić information content (AvgIpc) is 3.51. The Morgan fingerprint density at radius 2 is 1.49 bits per heavy atom. The lowest BCUT2D eigenvalue weighted by molar-refractivity contribution is -0.405. The van der Waals surface area contributed by atoms with Gasteiger partial charge >= 0.3 is 5.97 Å². The molecule has 3 aromatic rings. The Bertz CT molecular complexity index is 1380. The van der Waals surface area contributed by atoms with Crippen LogP contribution in [-0.4, -0.2) is 64.4 Å². The smallest absolute Gasteiger partial charge is 0.328 e. The second-order valence-corrected chi connectivity index (χ2v) is 10.8. The molecule has 0 unspecified atom stereocenters. The van der Waals surface area contributed by atoms with E-state index in [9.17, 15) is 24.3 Å². The van der Waals surface area contributed by atoms with Crippen LogP contribution < -0.4 is 16.4 Å². The van der Waals surface area contributed by atoms with Crippen LogP contribution in [0.4, 0.5) is 0 Å². The molecule has 1 saturated heterocycles. The van der Waals surface area contributed by atoms with Crippen molar-refractivity contribution in [2.45, 2.75) is 63.4 Å². The van der Waals surface area contributed by atoms with Crippen LogP contribution in [0.2, 0.25) is 0 Å². The Morgan fingerprint density at radius 1 is 0.884 bits per heavy atom. The molecule has 43 heavy (non-hydrogen) atoms. The number of hydrogen-bond donors (Lipinski definition) is 4. The highest BCUT2D eigenvalue weighted by Crippen LogP contribution is 2.20. The normalized spacial score (nSPS) is 16.5. The molecule has 1 aliphatic heterocycles. The summed E-state index contributed by atoms with van der Waals surface area (Å²) in [4.78, 5) is 54.4. The van der Waals surface area contributed by atoms with E-state index in [0.29, 0.717) is 31.4 Å². The topological polar surface area (TPSA) is 153 Å². The molecule has 0 aliphatic carbocycles. The van der Waals surface area contributed by atoms with Gasteiger partial charge in [-0.3, -0.25) is 14.4 Å². The van der Waals surface area contributed by atoms with Gasteiger partial charge in [0.1, 0.15) is 30.5 Å². The van der Waals surface area contributed by atoms with E-state index in [0.717, 1.165) is 11.1 Å². The number of benzene rings is 3. The van der Waals surface area contributed by atoms with E-state index in [1.165, 1.54) is 19.1 Å². The molecule has 10 nitrogen and oxygen atoms in total. The zero-order chi connectivity index (χ0) is 30.8. The maximum atomic E-state index is 13.5. The standard InChI is InChI=1S/C33H38N4O6/c1-22(33(42)43-21-25-11-6-3-7-12-25)35-30(39)28(20-24-14-16-26(38)17-15-24)36-31(40)29-13-8-18-37(29)32(41)27(34)19-23-9-4-2-5-10-23/h2-7,9-12,14-17,22,27-29,38H,8,13,18-21,34H2,1H3,(H,35,39)(H,36,40)/p+1/t22-,27-,28-,29-/m0/s1. The van der Waals surface area contributed by atoms with Gasteiger partial charge in [-0.25, -0.2) is 4.79 Å². The Kier molecular flexibility index (Phi) is 10.9. The number of aromatic hydroxyl groups is 1. The van der Waals surface area contributed by atoms with Crippen LogP contribution in [0.5, 0.6) is 5.75 Å². The summed E-state index contributed by atoms with van der Waals surface area (Å²) in [5.74, 6) is -1.77. The lowest BCUT2D eigenvalue weighted by Gasteiger charge is -2.28. The van der Waals surface area contributed by atoms with Gasteiger partial charge in [-0.2, -0.15) is 0 Å². The predicted octanol–water partition coefficient (Wildman–Crippen LogP) is 1.51. The third kappa shape index (κ3) is 8.89. The first kappa shape index (κ1) is 31.2. The van der Waals surface area contributed by atoms with Crippen LogP contribution in [-0.2, 0) is 43.4 Å². The third-order valence-corrected chi connectivity index (χ3v) is 7.46. The van der Waals surface area contributed by atoms with E-state index >= 15 is 0 Å². The molecule has 3 amide bonds. The highest BCUT2D eigenvalue weighted by atomic mass is 16.5. The van der Waals surface area contributed by atoms with Crippen molar-refractivity contribution in [3.05, 3.63) is 102 Å². The molecule has 226 valence electrons. The molecule has 1 fully saturated rings. The van der Waals surface area contributed by atoms with Crippen molar-refractivity contribution in [2.24, 2.45) is 0 Å². The van der Waals surface area contributed by atoms with Crippen LogP contribution in [0.25, 0.3) is 0 Å².